The molecule has 8 aliphatic rings. The molecule has 120 heavy (non-hydrogen) atoms. The van der Waals surface area contributed by atoms with Crippen LogP contribution in [0, 0.1) is 70.8 Å². The standard InChI is InChI=1S/4C24H38N2O4/c4*1-14(2)9-17-13-26-8-7-16-10-21(28-5)22(29-6)11-18(16)19(26)12-20(17)30-24(27)23(25)15(3)4/h4*10-11,14-15,17,19-20,23H,7-9,12-13,25H2,1-6H3/t4*17?,19?,20?,23-/m0000/s1/i3D3,4D3,5D3,12D2,13D2,15D,17D,19D,20D,23D;3D3,4D3,5D3,10D,11D,12D2,13D2,15D,17D,23D;2*3D3,4D3,10D,11D,12D2,13D2,15D,17D,23D. The minimum atomic E-state index is -4.14. The molecule has 0 saturated carbocycles. The maximum absolute atomic E-state index is 13.7. The van der Waals surface area contributed by atoms with Crippen molar-refractivity contribution in [3.05, 3.63) is 92.9 Å². The van der Waals surface area contributed by atoms with Crippen molar-refractivity contribution in [2.75, 3.05) is 109 Å². The summed E-state index contributed by atoms with van der Waals surface area (Å²) in [6, 6.07) is -25.1. The van der Waals surface area contributed by atoms with Gasteiger partial charge in [-0.05, 0) is 192 Å². The van der Waals surface area contributed by atoms with Gasteiger partial charge in [-0.3, -0.25) is 38.8 Å². The topological polar surface area (TPSA) is 296 Å². The average Bonchev–Trinajstić information content (AvgIpc) is 0.649. The lowest BCUT2D eigenvalue weighted by Gasteiger charge is -2.47. The Hall–Kier alpha value is -7.16. The maximum atomic E-state index is 13.7. The highest BCUT2D eigenvalue weighted by Gasteiger charge is 2.47. The second-order valence-electron chi connectivity index (χ2n) is 29.8. The van der Waals surface area contributed by atoms with E-state index in [2.05, 4.69) is 0 Å². The molecule has 16 atom stereocenters. The summed E-state index contributed by atoms with van der Waals surface area (Å²) in [6.07, 6.45) is -27.0. The molecule has 24 heteroatoms. The number of hydrogen-bond acceptors (Lipinski definition) is 24. The van der Waals surface area contributed by atoms with Gasteiger partial charge in [0.2, 0.25) is 0 Å². The van der Waals surface area contributed by atoms with Gasteiger partial charge in [-0.15, -0.1) is 0 Å². The minimum absolute atomic E-state index is 0.0413. The number of ether oxygens (including phenoxy) is 12. The summed E-state index contributed by atoms with van der Waals surface area (Å²) < 4.78 is 615. The minimum Gasteiger partial charge on any atom is -0.493 e. The van der Waals surface area contributed by atoms with Crippen LogP contribution in [0.5, 0.6) is 46.0 Å². The molecular weight excluding hydrogens is 1520 g/mol. The van der Waals surface area contributed by atoms with Crippen LogP contribution in [0.25, 0.3) is 0 Å². The Morgan fingerprint density at radius 1 is 0.383 bits per heavy atom. The number of carbonyl (C=O) groups excluding carboxylic acids is 4. The molecule has 12 rings (SSSR count). The van der Waals surface area contributed by atoms with Gasteiger partial charge in [-0.1, -0.05) is 110 Å². The predicted molar refractivity (Wildman–Crippen MR) is 471 cm³/mol. The smallest absolute Gasteiger partial charge is 0.323 e. The number of fused-ring (bicyclic) bond motifs is 12. The lowest BCUT2D eigenvalue weighted by molar-refractivity contribution is -0.161. The van der Waals surface area contributed by atoms with Crippen molar-refractivity contribution in [3.8, 4) is 46.0 Å². The highest BCUT2D eigenvalue weighted by Crippen LogP contribution is 2.50. The van der Waals surface area contributed by atoms with Crippen molar-refractivity contribution < 1.29 is 166 Å². The first-order valence-corrected chi connectivity index (χ1v) is 38.0. The number of benzene rings is 4. The molecule has 672 valence electrons. The molecule has 8 N–H and O–H groups in total. The Labute approximate surface area is 811 Å². The van der Waals surface area contributed by atoms with E-state index in [1.54, 1.807) is 41.5 Å². The largest absolute Gasteiger partial charge is 0.493 e. The third-order valence-corrected chi connectivity index (χ3v) is 19.3. The van der Waals surface area contributed by atoms with Gasteiger partial charge in [-0.2, -0.15) is 0 Å². The van der Waals surface area contributed by atoms with Gasteiger partial charge >= 0.3 is 23.9 Å². The van der Waals surface area contributed by atoms with Crippen LogP contribution in [-0.2, 0) is 63.8 Å². The fourth-order valence-corrected chi connectivity index (χ4v) is 13.7. The first kappa shape index (κ1) is 40.4. The van der Waals surface area contributed by atoms with Crippen LogP contribution in [0.3, 0.4) is 0 Å². The van der Waals surface area contributed by atoms with Gasteiger partial charge in [0.15, 0.2) is 46.0 Å². The molecule has 12 unspecified atom stereocenters. The number of nitrogens with two attached hydrogens (primary N) is 4. The quantitative estimate of drug-likeness (QED) is 0.0303. The Kier molecular flexibility index (Phi) is 14.8. The molecule has 0 radical (unpaired) electrons. The average molecular weight is 1740 g/mol. The second-order valence-corrected chi connectivity index (χ2v) is 29.8. The van der Waals surface area contributed by atoms with E-state index in [4.69, 9.17) is 151 Å². The molecule has 8 aliphatic heterocycles. The van der Waals surface area contributed by atoms with Crippen molar-refractivity contribution in [2.24, 2.45) is 93.8 Å². The number of esters is 4. The molecule has 24 nitrogen and oxygen atoms in total. The summed E-state index contributed by atoms with van der Waals surface area (Å²) in [5.74, 6) is -41.5. The Bertz CT molecular complexity index is 6900. The van der Waals surface area contributed by atoms with Gasteiger partial charge in [0.05, 0.1) is 81.4 Å². The van der Waals surface area contributed by atoms with E-state index in [0.29, 0.717) is 4.90 Å². The Balaban J connectivity index is 0.000000270. The molecule has 0 spiro atoms. The van der Waals surface area contributed by atoms with E-state index < -0.39 is 361 Å². The summed E-state index contributed by atoms with van der Waals surface area (Å²) in [6.45, 7) is -32.0. The molecule has 4 aromatic carbocycles. The van der Waals surface area contributed by atoms with Crippen LogP contribution < -0.4 is 60.8 Å². The number of methoxy groups -OCH3 is 8. The summed E-state index contributed by atoms with van der Waals surface area (Å²) in [5.41, 5.74) is 21.8. The van der Waals surface area contributed by atoms with Gasteiger partial charge in [0.1, 0.15) is 48.5 Å². The van der Waals surface area contributed by atoms with Crippen molar-refractivity contribution in [2.45, 2.75) is 260 Å². The molecule has 0 amide bonds. The van der Waals surface area contributed by atoms with Gasteiger partial charge in [0.25, 0.3) is 0 Å². The fraction of sp³-hybridized carbons (Fsp3) is 0.708. The molecule has 0 aromatic heterocycles. The highest BCUT2D eigenvalue weighted by molar-refractivity contribution is 5.77. The van der Waals surface area contributed by atoms with E-state index in [0.717, 1.165) is 41.1 Å². The molecule has 0 aliphatic carbocycles. The number of carbonyl (C=O) groups is 4. The van der Waals surface area contributed by atoms with Crippen LogP contribution in [-0.4, -0.2) is 201 Å². The van der Waals surface area contributed by atoms with Crippen LogP contribution >= 0.6 is 0 Å². The second kappa shape index (κ2) is 43.9. The Morgan fingerprint density at radius 2 is 0.667 bits per heavy atom. The van der Waals surface area contributed by atoms with E-state index in [-0.39, 0.29) is 131 Å². The van der Waals surface area contributed by atoms with E-state index in [1.807, 2.05) is 0 Å². The van der Waals surface area contributed by atoms with Gasteiger partial charge in [-0.25, -0.2) is 0 Å². The fourth-order valence-electron chi connectivity index (χ4n) is 13.7. The Morgan fingerprint density at radius 3 is 0.992 bits per heavy atom. The zero-order valence-electron chi connectivity index (χ0n) is 135. The zero-order valence-corrected chi connectivity index (χ0v) is 69.0. The number of nitrogens with zero attached hydrogens (tertiary/aromatic N) is 4. The predicted octanol–water partition coefficient (Wildman–Crippen LogP) is 14.3. The molecule has 4 fully saturated rings. The van der Waals surface area contributed by atoms with Gasteiger partial charge in [0, 0.05) is 191 Å². The summed E-state index contributed by atoms with van der Waals surface area (Å²) in [5, 5.41) is 0. The van der Waals surface area contributed by atoms with Crippen molar-refractivity contribution >= 4 is 23.9 Å². The van der Waals surface area contributed by atoms with Crippen LogP contribution in [0.1, 0.15) is 321 Å². The van der Waals surface area contributed by atoms with Crippen LogP contribution in [0.4, 0.5) is 0 Å². The molecule has 4 aromatic rings. The normalized spacial score (nSPS) is 42.5. The third-order valence-electron chi connectivity index (χ3n) is 19.3. The summed E-state index contributed by atoms with van der Waals surface area (Å²) in [4.78, 5) is 58.2. The van der Waals surface area contributed by atoms with Crippen molar-refractivity contribution in [1.82, 2.24) is 19.6 Å². The van der Waals surface area contributed by atoms with E-state index >= 15 is 0 Å². The first-order chi connectivity index (χ1) is 82.7. The third kappa shape index (κ3) is 23.8. The monoisotopic (exact) mass is 1740 g/mol. The molecule has 0 bridgehead atoms. The number of rotatable bonds is 28. The van der Waals surface area contributed by atoms with Crippen LogP contribution in [0.15, 0.2) is 48.4 Å². The van der Waals surface area contributed by atoms with Crippen molar-refractivity contribution in [3.63, 3.8) is 0 Å². The summed E-state index contributed by atoms with van der Waals surface area (Å²) in [7, 11) is 0.948. The molecule has 4 saturated heterocycles. The number of piperidine rings is 4. The summed E-state index contributed by atoms with van der Waals surface area (Å²) >= 11 is 0. The first-order valence-electron chi connectivity index (χ1n) is 71.0. The van der Waals surface area contributed by atoms with Gasteiger partial charge < -0.3 is 79.8 Å². The SMILES string of the molecule is [2H]C([2H])([2H])Oc1cc2c(cc1OC)C1([2H])N(CC2)C([2H])([2H])C([2H])(CC(C)C)C([2H])(OC(=O)[C@@]([2H])(N)C([2H])(C([2H])([2H])[2H])C([2H])([2H])[2H])C1([2H])[2H].[2H]c1c2c(c([2H])c(OC)c1OC([2H])([2H])[2H])C1N(CC2)C([2H])([2H])C([2H])(CC(C)C)C(OC(=O)[C@@]([2H])(N)C([2H])(C([2H])([2H])[2H])C([2H])([2H])[2H])C1([2H])[2H].[2H]c1c2c(c([2H])c(OC)c1OC)C1N(CC2)C([2H])([2H])C([2H])(CC(C)C)C(OC(=O)[C@@]([2H])(N)C([2H])(C([2H])([2H])[2H])C([2H])([2H])[2H])C1([2H])[2H].[2H]c1c2c(c([2H])c(OC)c1OC)C1N(CC2)C([2H])([2H])C([2H])(CC(C)C)C(OC(=O)[C@@]([2H])(N)C([2H])(C([2H])([2H])[2H])C([2H])([2H])[2H])C1([2H])[2H]. The molecular formula is C96H152N8O16. The van der Waals surface area contributed by atoms with E-state index in [9.17, 15) is 38.4 Å². The lowest BCUT2D eigenvalue weighted by atomic mass is 9.79. The molecule has 8 heterocycles. The van der Waals surface area contributed by atoms with E-state index in [1.165, 1.54) is 42.3 Å². The lowest BCUT2D eigenvalue weighted by Crippen LogP contribution is -2.51. The number of hydrogen-bond donors (Lipinski definition) is 4. The zero-order chi connectivity index (χ0) is 145. The van der Waals surface area contributed by atoms with Crippen molar-refractivity contribution in [1.29, 1.82) is 0 Å². The highest BCUT2D eigenvalue weighted by atomic mass is 16.6. The maximum Gasteiger partial charge on any atom is 0.323 e. The van der Waals surface area contributed by atoms with Crippen LogP contribution in [0.2, 0.25) is 0 Å².